The van der Waals surface area contributed by atoms with E-state index in [1.807, 2.05) is 0 Å². The Labute approximate surface area is 163 Å². The van der Waals surface area contributed by atoms with Crippen LogP contribution in [-0.2, 0) is 9.59 Å². The molecule has 0 heterocycles. The van der Waals surface area contributed by atoms with Gasteiger partial charge in [-0.15, -0.1) is 0 Å². The fourth-order valence-electron chi connectivity index (χ4n) is 1.37. The summed E-state index contributed by atoms with van der Waals surface area (Å²) in [5.41, 5.74) is -1.27. The van der Waals surface area contributed by atoms with E-state index in [4.69, 9.17) is 10.2 Å². The first-order valence-corrected chi connectivity index (χ1v) is 7.07. The first-order valence-electron chi connectivity index (χ1n) is 7.07. The predicted molar refractivity (Wildman–Crippen MR) is 74.6 cm³/mol. The molecule has 0 saturated heterocycles. The van der Waals surface area contributed by atoms with Crippen molar-refractivity contribution in [3.05, 3.63) is 24.8 Å². The molecule has 0 aliphatic heterocycles. The summed E-state index contributed by atoms with van der Waals surface area (Å²) in [6, 6.07) is 0. The number of carbonyl (C=O) groups is 2. The SMILES string of the molecule is C=C(CCC(F)(F)C(F)(F)C(F)(F)C(F)(F)C(F)(F)C(F)(F)F)C(=O)O.C=CC(=O)O. The minimum atomic E-state index is -7.96. The Bertz CT molecular complexity index is 695. The minimum Gasteiger partial charge on any atom is -0.478 e. The minimum absolute atomic E-state index is 0.833. The lowest BCUT2D eigenvalue weighted by Gasteiger charge is -2.39. The zero-order chi connectivity index (χ0) is 25.9. The molecule has 0 aromatic heterocycles. The molecule has 0 fully saturated rings. The van der Waals surface area contributed by atoms with Crippen molar-refractivity contribution < 1.29 is 76.9 Å². The Hall–Kier alpha value is -2.49. The Balaban J connectivity index is 0. The second kappa shape index (κ2) is 9.33. The zero-order valence-corrected chi connectivity index (χ0v) is 14.5. The fourth-order valence-corrected chi connectivity index (χ4v) is 1.37. The zero-order valence-electron chi connectivity index (χ0n) is 14.5. The van der Waals surface area contributed by atoms with Gasteiger partial charge in [-0.2, -0.15) is 57.1 Å². The smallest absolute Gasteiger partial charge is 0.460 e. The number of carboxylic acid groups (broad SMARTS) is 2. The average Bonchev–Trinajstić information content (AvgIpc) is 2.58. The average molecular weight is 490 g/mol. The number of alkyl halides is 13. The molecule has 0 spiro atoms. The van der Waals surface area contributed by atoms with Crippen molar-refractivity contribution in [1.82, 2.24) is 0 Å². The molecule has 0 aliphatic carbocycles. The summed E-state index contributed by atoms with van der Waals surface area (Å²) in [4.78, 5) is 19.5. The molecule has 0 radical (unpaired) electrons. The highest BCUT2D eigenvalue weighted by atomic mass is 19.4. The molecule has 0 aliphatic rings. The Morgan fingerprint density at radius 2 is 1.03 bits per heavy atom. The van der Waals surface area contributed by atoms with E-state index in [9.17, 15) is 66.7 Å². The first kappa shape index (κ1) is 30.7. The summed E-state index contributed by atoms with van der Waals surface area (Å²) in [5.74, 6) is -40.4. The van der Waals surface area contributed by atoms with Gasteiger partial charge in [-0.25, -0.2) is 9.59 Å². The monoisotopic (exact) mass is 490 g/mol. The first-order chi connectivity index (χ1) is 13.3. The van der Waals surface area contributed by atoms with Crippen molar-refractivity contribution in [2.24, 2.45) is 0 Å². The van der Waals surface area contributed by atoms with Gasteiger partial charge >= 0.3 is 47.7 Å². The lowest BCUT2D eigenvalue weighted by atomic mass is 9.91. The van der Waals surface area contributed by atoms with Crippen molar-refractivity contribution in [2.75, 3.05) is 0 Å². The molecular weight excluding hydrogens is 479 g/mol. The van der Waals surface area contributed by atoms with E-state index in [1.165, 1.54) is 0 Å². The van der Waals surface area contributed by atoms with Gasteiger partial charge in [-0.3, -0.25) is 0 Å². The highest BCUT2D eigenvalue weighted by molar-refractivity contribution is 5.85. The van der Waals surface area contributed by atoms with Gasteiger partial charge in [0.25, 0.3) is 0 Å². The van der Waals surface area contributed by atoms with Crippen molar-refractivity contribution >= 4 is 11.9 Å². The van der Waals surface area contributed by atoms with E-state index in [0.29, 0.717) is 0 Å². The Morgan fingerprint density at radius 1 is 0.710 bits per heavy atom. The fraction of sp³-hybridized carbons (Fsp3) is 0.571. The second-order valence-corrected chi connectivity index (χ2v) is 5.45. The molecule has 31 heavy (non-hydrogen) atoms. The van der Waals surface area contributed by atoms with Gasteiger partial charge in [-0.1, -0.05) is 13.2 Å². The molecule has 0 unspecified atom stereocenters. The van der Waals surface area contributed by atoms with Crippen LogP contribution in [0.5, 0.6) is 0 Å². The van der Waals surface area contributed by atoms with E-state index in [2.05, 4.69) is 13.2 Å². The van der Waals surface area contributed by atoms with Crippen molar-refractivity contribution in [3.63, 3.8) is 0 Å². The van der Waals surface area contributed by atoms with Crippen LogP contribution in [0.4, 0.5) is 57.1 Å². The Kier molecular flexibility index (Phi) is 9.24. The lowest BCUT2D eigenvalue weighted by molar-refractivity contribution is -0.440. The number of carboxylic acids is 2. The van der Waals surface area contributed by atoms with Gasteiger partial charge < -0.3 is 10.2 Å². The van der Waals surface area contributed by atoms with Gasteiger partial charge in [-0.05, 0) is 6.42 Å². The maximum absolute atomic E-state index is 13.2. The van der Waals surface area contributed by atoms with Crippen LogP contribution in [0, 0.1) is 0 Å². The predicted octanol–water partition coefficient (Wildman–Crippen LogP) is 5.40. The van der Waals surface area contributed by atoms with Crippen LogP contribution >= 0.6 is 0 Å². The number of rotatable bonds is 9. The van der Waals surface area contributed by atoms with Crippen LogP contribution in [0.15, 0.2) is 24.8 Å². The molecule has 0 amide bonds. The van der Waals surface area contributed by atoms with E-state index in [0.717, 1.165) is 6.08 Å². The summed E-state index contributed by atoms with van der Waals surface area (Å²) in [7, 11) is 0. The third-order valence-electron chi connectivity index (χ3n) is 3.22. The molecule has 0 aromatic carbocycles. The Morgan fingerprint density at radius 3 is 1.29 bits per heavy atom. The number of hydrogen-bond acceptors (Lipinski definition) is 2. The summed E-state index contributed by atoms with van der Waals surface area (Å²) in [6.45, 7) is 5.50. The van der Waals surface area contributed by atoms with Crippen molar-refractivity contribution in [2.45, 2.75) is 48.6 Å². The van der Waals surface area contributed by atoms with Gasteiger partial charge in [0, 0.05) is 18.1 Å². The second-order valence-electron chi connectivity index (χ2n) is 5.45. The standard InChI is InChI=1S/C11H7F13O2.C3H4O2/c1-4(5(25)26)2-3-6(12,13)7(14,15)8(16,17)9(18,19)10(20,21)11(22,23)24;1-2-3(4)5/h1-3H2,(H,25,26);2H,1H2,(H,4,5). The number of aliphatic carboxylic acids is 2. The lowest BCUT2D eigenvalue weighted by Crippen LogP contribution is -2.70. The van der Waals surface area contributed by atoms with Crippen LogP contribution in [0.25, 0.3) is 0 Å². The van der Waals surface area contributed by atoms with Crippen LogP contribution in [0.2, 0.25) is 0 Å². The molecule has 4 nitrogen and oxygen atoms in total. The van der Waals surface area contributed by atoms with Crippen molar-refractivity contribution in [1.29, 1.82) is 0 Å². The summed E-state index contributed by atoms with van der Waals surface area (Å²) in [5, 5.41) is 15.8. The molecule has 0 aromatic rings. The van der Waals surface area contributed by atoms with E-state index >= 15 is 0 Å². The molecule has 17 heteroatoms. The number of hydrogen-bond donors (Lipinski definition) is 2. The van der Waals surface area contributed by atoms with Gasteiger partial charge in [0.15, 0.2) is 0 Å². The van der Waals surface area contributed by atoms with Crippen molar-refractivity contribution in [3.8, 4) is 0 Å². The third-order valence-corrected chi connectivity index (χ3v) is 3.22. The maximum atomic E-state index is 13.2. The van der Waals surface area contributed by atoms with Crippen LogP contribution in [0.1, 0.15) is 12.8 Å². The van der Waals surface area contributed by atoms with Crippen LogP contribution in [0.3, 0.4) is 0 Å². The highest BCUT2D eigenvalue weighted by Crippen LogP contribution is 2.60. The normalized spacial score (nSPS) is 13.7. The third kappa shape index (κ3) is 6.03. The molecular formula is C14H11F13O4. The van der Waals surface area contributed by atoms with Gasteiger partial charge in [0.05, 0.1) is 0 Å². The highest BCUT2D eigenvalue weighted by Gasteiger charge is 2.90. The van der Waals surface area contributed by atoms with E-state index in [1.54, 1.807) is 0 Å². The maximum Gasteiger partial charge on any atom is 0.460 e. The summed E-state index contributed by atoms with van der Waals surface area (Å²) >= 11 is 0. The molecule has 2 N–H and O–H groups in total. The molecule has 0 rings (SSSR count). The van der Waals surface area contributed by atoms with Crippen LogP contribution in [-0.4, -0.2) is 57.9 Å². The largest absolute Gasteiger partial charge is 0.478 e. The molecule has 182 valence electrons. The van der Waals surface area contributed by atoms with Crippen LogP contribution < -0.4 is 0 Å². The van der Waals surface area contributed by atoms with Gasteiger partial charge in [0.2, 0.25) is 0 Å². The van der Waals surface area contributed by atoms with E-state index < -0.39 is 66.1 Å². The summed E-state index contributed by atoms with van der Waals surface area (Å²) < 4.78 is 165. The summed E-state index contributed by atoms with van der Waals surface area (Å²) in [6.07, 6.45) is -10.9. The molecule has 0 saturated carbocycles. The van der Waals surface area contributed by atoms with E-state index in [-0.39, 0.29) is 0 Å². The molecule has 0 atom stereocenters. The topological polar surface area (TPSA) is 74.6 Å². The molecule has 0 bridgehead atoms. The quantitative estimate of drug-likeness (QED) is 0.335. The number of halogens is 13. The van der Waals surface area contributed by atoms with Gasteiger partial charge in [0.1, 0.15) is 0 Å².